The molecule has 0 radical (unpaired) electrons. The van der Waals surface area contributed by atoms with Crippen LogP contribution in [0.1, 0.15) is 19.8 Å². The SMILES string of the molecule is CC(N)CC(=O)NC1CC(=O)N(c2ccccc2Cl)C1.Cl. The highest BCUT2D eigenvalue weighted by Gasteiger charge is 2.32. The smallest absolute Gasteiger partial charge is 0.229 e. The zero-order valence-corrected chi connectivity index (χ0v) is 13.3. The van der Waals surface area contributed by atoms with Gasteiger partial charge in [0.2, 0.25) is 11.8 Å². The van der Waals surface area contributed by atoms with Crippen LogP contribution < -0.4 is 16.0 Å². The number of nitrogens with zero attached hydrogens (tertiary/aromatic N) is 1. The fourth-order valence-corrected chi connectivity index (χ4v) is 2.52. The highest BCUT2D eigenvalue weighted by molar-refractivity contribution is 6.33. The Balaban J connectivity index is 0.00000220. The molecule has 116 valence electrons. The first-order valence-electron chi connectivity index (χ1n) is 6.57. The van der Waals surface area contributed by atoms with Crippen LogP contribution in [0, 0.1) is 0 Å². The minimum atomic E-state index is -0.190. The normalized spacial score (nSPS) is 19.1. The van der Waals surface area contributed by atoms with Gasteiger partial charge in [0.1, 0.15) is 0 Å². The van der Waals surface area contributed by atoms with Crippen molar-refractivity contribution in [2.45, 2.75) is 31.8 Å². The monoisotopic (exact) mass is 331 g/mol. The number of nitrogens with two attached hydrogens (primary N) is 1. The molecule has 3 N–H and O–H groups in total. The molecule has 0 spiro atoms. The van der Waals surface area contributed by atoms with E-state index in [1.807, 2.05) is 12.1 Å². The summed E-state index contributed by atoms with van der Waals surface area (Å²) < 4.78 is 0. The molecule has 1 fully saturated rings. The Morgan fingerprint density at radius 2 is 2.19 bits per heavy atom. The van der Waals surface area contributed by atoms with E-state index in [2.05, 4.69) is 5.32 Å². The summed E-state index contributed by atoms with van der Waals surface area (Å²) in [5, 5.41) is 3.37. The van der Waals surface area contributed by atoms with Crippen molar-refractivity contribution in [1.29, 1.82) is 0 Å². The molecule has 0 saturated carbocycles. The first-order valence-corrected chi connectivity index (χ1v) is 6.95. The van der Waals surface area contributed by atoms with Crippen molar-refractivity contribution < 1.29 is 9.59 Å². The van der Waals surface area contributed by atoms with E-state index in [9.17, 15) is 9.59 Å². The Morgan fingerprint density at radius 3 is 2.81 bits per heavy atom. The Labute approximate surface area is 135 Å². The summed E-state index contributed by atoms with van der Waals surface area (Å²) in [6.07, 6.45) is 0.548. The fourth-order valence-electron chi connectivity index (χ4n) is 2.29. The maximum Gasteiger partial charge on any atom is 0.229 e. The van der Waals surface area contributed by atoms with E-state index in [4.69, 9.17) is 17.3 Å². The number of carbonyl (C=O) groups excluding carboxylic acids is 2. The second-order valence-electron chi connectivity index (χ2n) is 5.11. The van der Waals surface area contributed by atoms with Crippen molar-refractivity contribution in [3.63, 3.8) is 0 Å². The summed E-state index contributed by atoms with van der Waals surface area (Å²) in [5.74, 6) is -0.164. The van der Waals surface area contributed by atoms with Crippen LogP contribution in [0.4, 0.5) is 5.69 Å². The van der Waals surface area contributed by atoms with Crippen molar-refractivity contribution in [3.8, 4) is 0 Å². The molecule has 1 saturated heterocycles. The maximum atomic E-state index is 12.0. The van der Waals surface area contributed by atoms with Gasteiger partial charge in [-0.1, -0.05) is 23.7 Å². The van der Waals surface area contributed by atoms with E-state index in [-0.39, 0.29) is 49.1 Å². The van der Waals surface area contributed by atoms with Gasteiger partial charge in [-0.2, -0.15) is 0 Å². The molecular weight excluding hydrogens is 313 g/mol. The summed E-state index contributed by atoms with van der Waals surface area (Å²) in [6, 6.07) is 6.81. The number of hydrogen-bond acceptors (Lipinski definition) is 3. The quantitative estimate of drug-likeness (QED) is 0.882. The molecule has 5 nitrogen and oxygen atoms in total. The van der Waals surface area contributed by atoms with E-state index in [1.165, 1.54) is 0 Å². The lowest BCUT2D eigenvalue weighted by atomic mass is 10.2. The highest BCUT2D eigenvalue weighted by Crippen LogP contribution is 2.28. The van der Waals surface area contributed by atoms with Crippen LogP contribution in [0.3, 0.4) is 0 Å². The van der Waals surface area contributed by atoms with E-state index in [0.717, 1.165) is 0 Å². The van der Waals surface area contributed by atoms with Gasteiger partial charge in [0, 0.05) is 25.4 Å². The fraction of sp³-hybridized carbons (Fsp3) is 0.429. The molecule has 2 unspecified atom stereocenters. The average Bonchev–Trinajstić information content (AvgIpc) is 2.69. The third kappa shape index (κ3) is 4.59. The number of para-hydroxylation sites is 1. The van der Waals surface area contributed by atoms with Gasteiger partial charge in [-0.05, 0) is 19.1 Å². The molecule has 0 aromatic heterocycles. The second-order valence-corrected chi connectivity index (χ2v) is 5.51. The van der Waals surface area contributed by atoms with Gasteiger partial charge in [0.05, 0.1) is 16.8 Å². The van der Waals surface area contributed by atoms with Crippen LogP contribution in [-0.4, -0.2) is 30.4 Å². The predicted molar refractivity (Wildman–Crippen MR) is 85.9 cm³/mol. The third-order valence-corrected chi connectivity index (χ3v) is 3.46. The number of rotatable bonds is 4. The highest BCUT2D eigenvalue weighted by atomic mass is 35.5. The average molecular weight is 332 g/mol. The number of carbonyl (C=O) groups is 2. The summed E-state index contributed by atoms with van der Waals surface area (Å²) in [6.45, 7) is 2.21. The summed E-state index contributed by atoms with van der Waals surface area (Å²) in [4.78, 5) is 25.3. The topological polar surface area (TPSA) is 75.4 Å². The third-order valence-electron chi connectivity index (χ3n) is 3.14. The molecule has 1 heterocycles. The molecule has 7 heteroatoms. The summed E-state index contributed by atoms with van der Waals surface area (Å²) in [5.41, 5.74) is 6.26. The lowest BCUT2D eigenvalue weighted by molar-refractivity contribution is -0.122. The molecule has 1 aliphatic rings. The van der Waals surface area contributed by atoms with Crippen molar-refractivity contribution in [3.05, 3.63) is 29.3 Å². The van der Waals surface area contributed by atoms with Crippen LogP contribution in [0.25, 0.3) is 0 Å². The minimum Gasteiger partial charge on any atom is -0.351 e. The minimum absolute atomic E-state index is 0. The Bertz CT molecular complexity index is 523. The number of halogens is 2. The van der Waals surface area contributed by atoms with Crippen molar-refractivity contribution in [1.82, 2.24) is 5.32 Å². The molecule has 2 rings (SSSR count). The van der Waals surface area contributed by atoms with Crippen LogP contribution >= 0.6 is 24.0 Å². The van der Waals surface area contributed by atoms with E-state index < -0.39 is 0 Å². The number of nitrogens with one attached hydrogen (secondary N) is 1. The molecular formula is C14H19Cl2N3O2. The van der Waals surface area contributed by atoms with Crippen molar-refractivity contribution in [2.24, 2.45) is 5.73 Å². The van der Waals surface area contributed by atoms with Crippen LogP contribution in [0.15, 0.2) is 24.3 Å². The van der Waals surface area contributed by atoms with Gasteiger partial charge in [-0.25, -0.2) is 0 Å². The Hall–Kier alpha value is -1.30. The van der Waals surface area contributed by atoms with Gasteiger partial charge in [-0.3, -0.25) is 9.59 Å². The van der Waals surface area contributed by atoms with Crippen molar-refractivity contribution >= 4 is 41.5 Å². The molecule has 1 aliphatic heterocycles. The number of anilines is 1. The summed E-state index contributed by atoms with van der Waals surface area (Å²) in [7, 11) is 0. The zero-order chi connectivity index (χ0) is 14.7. The molecule has 0 aliphatic carbocycles. The Morgan fingerprint density at radius 1 is 1.52 bits per heavy atom. The molecule has 2 amide bonds. The van der Waals surface area contributed by atoms with Gasteiger partial charge >= 0.3 is 0 Å². The zero-order valence-electron chi connectivity index (χ0n) is 11.7. The standard InChI is InChI=1S/C14H18ClN3O2.ClH/c1-9(16)6-13(19)17-10-7-14(20)18(8-10)12-5-3-2-4-11(12)15;/h2-5,9-10H,6-8,16H2,1H3,(H,17,19);1H. The first kappa shape index (κ1) is 17.8. The number of amides is 2. The predicted octanol–water partition coefficient (Wildman–Crippen LogP) is 1.72. The molecule has 0 bridgehead atoms. The largest absolute Gasteiger partial charge is 0.351 e. The number of hydrogen-bond donors (Lipinski definition) is 2. The van der Waals surface area contributed by atoms with Gasteiger partial charge in [0.15, 0.2) is 0 Å². The lowest BCUT2D eigenvalue weighted by Crippen LogP contribution is -2.39. The van der Waals surface area contributed by atoms with Crippen LogP contribution in [-0.2, 0) is 9.59 Å². The van der Waals surface area contributed by atoms with E-state index in [1.54, 1.807) is 24.0 Å². The van der Waals surface area contributed by atoms with Gasteiger partial charge in [0.25, 0.3) is 0 Å². The maximum absolute atomic E-state index is 12.0. The molecule has 1 aromatic rings. The van der Waals surface area contributed by atoms with Crippen LogP contribution in [0.5, 0.6) is 0 Å². The Kier molecular flexibility index (Phi) is 6.45. The number of benzene rings is 1. The molecule has 21 heavy (non-hydrogen) atoms. The van der Waals surface area contributed by atoms with Crippen molar-refractivity contribution in [2.75, 3.05) is 11.4 Å². The second kappa shape index (κ2) is 7.64. The van der Waals surface area contributed by atoms with Gasteiger partial charge < -0.3 is 16.0 Å². The van der Waals surface area contributed by atoms with E-state index in [0.29, 0.717) is 17.3 Å². The first-order chi connectivity index (χ1) is 9.47. The van der Waals surface area contributed by atoms with Crippen LogP contribution in [0.2, 0.25) is 5.02 Å². The molecule has 2 atom stereocenters. The summed E-state index contributed by atoms with van der Waals surface area (Å²) >= 11 is 6.09. The molecule has 1 aromatic carbocycles. The lowest BCUT2D eigenvalue weighted by Gasteiger charge is -2.18. The van der Waals surface area contributed by atoms with Gasteiger partial charge in [-0.15, -0.1) is 12.4 Å². The van der Waals surface area contributed by atoms with E-state index >= 15 is 0 Å².